The Morgan fingerprint density at radius 1 is 0.778 bits per heavy atom. The maximum absolute atomic E-state index is 14.5. The monoisotopic (exact) mass is 685 g/mol. The molecule has 0 unspecified atom stereocenters. The Morgan fingerprint density at radius 3 is 1.93 bits per heavy atom. The van der Waals surface area contributed by atoms with Crippen molar-refractivity contribution in [1.29, 1.82) is 0 Å². The summed E-state index contributed by atoms with van der Waals surface area (Å²) in [5.41, 5.74) is 1.54. The van der Waals surface area contributed by atoms with Gasteiger partial charge in [-0.15, -0.1) is 0 Å². The highest BCUT2D eigenvalue weighted by molar-refractivity contribution is 7.92. The molecule has 7 nitrogen and oxygen atoms in total. The molecule has 4 aromatic rings. The summed E-state index contributed by atoms with van der Waals surface area (Å²) in [6.07, 6.45) is 0.174. The number of amides is 2. The van der Waals surface area contributed by atoms with Gasteiger partial charge in [0, 0.05) is 40.1 Å². The van der Waals surface area contributed by atoms with Gasteiger partial charge >= 0.3 is 0 Å². The molecule has 0 bridgehead atoms. The molecule has 4 aromatic carbocycles. The predicted molar refractivity (Wildman–Crippen MR) is 181 cm³/mol. The Labute approximate surface area is 279 Å². The molecule has 0 aliphatic rings. The van der Waals surface area contributed by atoms with Crippen molar-refractivity contribution < 1.29 is 18.0 Å². The zero-order valence-corrected chi connectivity index (χ0v) is 28.0. The number of halogens is 3. The number of hydrogen-bond acceptors (Lipinski definition) is 4. The van der Waals surface area contributed by atoms with Gasteiger partial charge in [0.05, 0.1) is 10.6 Å². The fourth-order valence-corrected chi connectivity index (χ4v) is 6.74. The summed E-state index contributed by atoms with van der Waals surface area (Å²) in [6, 6.07) is 27.3. The fourth-order valence-electron chi connectivity index (χ4n) is 4.69. The number of rotatable bonds is 13. The number of para-hydroxylation sites is 1. The lowest BCUT2D eigenvalue weighted by Gasteiger charge is -2.34. The molecule has 45 heavy (non-hydrogen) atoms. The Bertz CT molecular complexity index is 1680. The molecular weight excluding hydrogens is 653 g/mol. The van der Waals surface area contributed by atoms with Crippen LogP contribution in [0.4, 0.5) is 5.69 Å². The van der Waals surface area contributed by atoms with Gasteiger partial charge < -0.3 is 10.2 Å². The van der Waals surface area contributed by atoms with E-state index in [9.17, 15) is 18.0 Å². The van der Waals surface area contributed by atoms with Gasteiger partial charge in [-0.25, -0.2) is 8.42 Å². The van der Waals surface area contributed by atoms with Crippen LogP contribution in [0.25, 0.3) is 0 Å². The standard InChI is InChI=1S/C34H34Cl3N3O4S/c1-24(2)21-38-34(42)32(20-25-10-5-3-6-11-25)39(22-29-30(36)14-9-15-31(29)37)33(41)23-40(27-12-7-4-8-13-27)45(43,44)28-18-16-26(35)17-19-28/h3-19,24,32H,20-23H2,1-2H3,(H,38,42)/t32-/m1/s1. The zero-order valence-electron chi connectivity index (χ0n) is 24.9. The van der Waals surface area contributed by atoms with Crippen molar-refractivity contribution >= 4 is 62.3 Å². The maximum Gasteiger partial charge on any atom is 0.264 e. The van der Waals surface area contributed by atoms with E-state index in [2.05, 4.69) is 5.32 Å². The van der Waals surface area contributed by atoms with Crippen LogP contribution in [-0.4, -0.2) is 44.3 Å². The van der Waals surface area contributed by atoms with Gasteiger partial charge in [-0.05, 0) is 60.0 Å². The van der Waals surface area contributed by atoms with Crippen LogP contribution in [0, 0.1) is 5.92 Å². The summed E-state index contributed by atoms with van der Waals surface area (Å²) < 4.78 is 29.1. The van der Waals surface area contributed by atoms with E-state index in [-0.39, 0.29) is 35.4 Å². The molecule has 0 fully saturated rings. The highest BCUT2D eigenvalue weighted by atomic mass is 35.5. The van der Waals surface area contributed by atoms with E-state index in [1.807, 2.05) is 44.2 Å². The van der Waals surface area contributed by atoms with Crippen LogP contribution in [0.15, 0.2) is 108 Å². The molecule has 0 heterocycles. The first-order valence-electron chi connectivity index (χ1n) is 14.3. The second kappa shape index (κ2) is 15.6. The van der Waals surface area contributed by atoms with Crippen molar-refractivity contribution in [2.24, 2.45) is 5.92 Å². The van der Waals surface area contributed by atoms with Gasteiger partial charge in [-0.1, -0.05) is 103 Å². The number of carbonyl (C=O) groups excluding carboxylic acids is 2. The van der Waals surface area contributed by atoms with Crippen LogP contribution in [0.5, 0.6) is 0 Å². The molecule has 11 heteroatoms. The third-order valence-corrected chi connectivity index (χ3v) is 9.82. The molecule has 1 N–H and O–H groups in total. The summed E-state index contributed by atoms with van der Waals surface area (Å²) in [5, 5.41) is 3.96. The maximum atomic E-state index is 14.5. The second-order valence-corrected chi connectivity index (χ2v) is 14.0. The number of nitrogens with one attached hydrogen (secondary N) is 1. The first kappa shape index (κ1) is 34.3. The molecule has 0 aromatic heterocycles. The summed E-state index contributed by atoms with van der Waals surface area (Å²) in [7, 11) is -4.24. The van der Waals surface area contributed by atoms with Crippen LogP contribution < -0.4 is 9.62 Å². The van der Waals surface area contributed by atoms with Crippen molar-refractivity contribution in [3.05, 3.63) is 129 Å². The van der Waals surface area contributed by atoms with Gasteiger partial charge in [0.1, 0.15) is 12.6 Å². The Hall–Kier alpha value is -3.56. The van der Waals surface area contributed by atoms with Crippen LogP contribution in [0.3, 0.4) is 0 Å². The molecule has 0 spiro atoms. The van der Waals surface area contributed by atoms with Gasteiger partial charge in [0.2, 0.25) is 11.8 Å². The molecule has 1 atom stereocenters. The van der Waals surface area contributed by atoms with E-state index in [0.717, 1.165) is 9.87 Å². The average Bonchev–Trinajstić information content (AvgIpc) is 3.02. The molecule has 236 valence electrons. The lowest BCUT2D eigenvalue weighted by atomic mass is 10.0. The van der Waals surface area contributed by atoms with E-state index in [1.165, 1.54) is 29.2 Å². The van der Waals surface area contributed by atoms with Crippen LogP contribution in [0.2, 0.25) is 15.1 Å². The SMILES string of the molecule is CC(C)CNC(=O)[C@@H](Cc1ccccc1)N(Cc1c(Cl)cccc1Cl)C(=O)CN(c1ccccc1)S(=O)(=O)c1ccc(Cl)cc1. The van der Waals surface area contributed by atoms with Gasteiger partial charge in [-0.2, -0.15) is 0 Å². The highest BCUT2D eigenvalue weighted by Crippen LogP contribution is 2.29. The zero-order chi connectivity index (χ0) is 32.6. The first-order chi connectivity index (χ1) is 21.5. The minimum Gasteiger partial charge on any atom is -0.354 e. The predicted octanol–water partition coefficient (Wildman–Crippen LogP) is 7.25. The third kappa shape index (κ3) is 9.01. The van der Waals surface area contributed by atoms with E-state index >= 15 is 0 Å². The highest BCUT2D eigenvalue weighted by Gasteiger charge is 2.35. The van der Waals surface area contributed by atoms with E-state index in [1.54, 1.807) is 48.5 Å². The Morgan fingerprint density at radius 2 is 1.36 bits per heavy atom. The summed E-state index contributed by atoms with van der Waals surface area (Å²) in [5.74, 6) is -0.838. The largest absolute Gasteiger partial charge is 0.354 e. The quantitative estimate of drug-likeness (QED) is 0.161. The third-order valence-electron chi connectivity index (χ3n) is 7.07. The molecule has 0 aliphatic heterocycles. The minimum absolute atomic E-state index is 0.0419. The number of anilines is 1. The number of sulfonamides is 1. The smallest absolute Gasteiger partial charge is 0.264 e. The molecule has 0 saturated carbocycles. The molecule has 0 aliphatic carbocycles. The van der Waals surface area contributed by atoms with Crippen molar-refractivity contribution in [2.45, 2.75) is 37.8 Å². The van der Waals surface area contributed by atoms with Crippen molar-refractivity contribution in [3.8, 4) is 0 Å². The number of carbonyl (C=O) groups is 2. The van der Waals surface area contributed by atoms with Crippen molar-refractivity contribution in [1.82, 2.24) is 10.2 Å². The summed E-state index contributed by atoms with van der Waals surface area (Å²) in [4.78, 5) is 29.7. The first-order valence-corrected chi connectivity index (χ1v) is 16.9. The number of nitrogens with zero attached hydrogens (tertiary/aromatic N) is 2. The van der Waals surface area contributed by atoms with Crippen molar-refractivity contribution in [3.63, 3.8) is 0 Å². The van der Waals surface area contributed by atoms with Gasteiger partial charge in [0.15, 0.2) is 0 Å². The van der Waals surface area contributed by atoms with E-state index in [0.29, 0.717) is 27.2 Å². The Balaban J connectivity index is 1.81. The lowest BCUT2D eigenvalue weighted by molar-refractivity contribution is -0.140. The summed E-state index contributed by atoms with van der Waals surface area (Å²) in [6.45, 7) is 3.60. The van der Waals surface area contributed by atoms with Crippen LogP contribution in [-0.2, 0) is 32.6 Å². The molecular formula is C34H34Cl3N3O4S. The topological polar surface area (TPSA) is 86.8 Å². The van der Waals surface area contributed by atoms with E-state index < -0.39 is 28.5 Å². The number of hydrogen-bond donors (Lipinski definition) is 1. The molecule has 2 amide bonds. The molecule has 4 rings (SSSR count). The van der Waals surface area contributed by atoms with Crippen molar-refractivity contribution in [2.75, 3.05) is 17.4 Å². The fraction of sp³-hybridized carbons (Fsp3) is 0.235. The molecule has 0 saturated heterocycles. The van der Waals surface area contributed by atoms with E-state index in [4.69, 9.17) is 34.8 Å². The second-order valence-electron chi connectivity index (χ2n) is 10.9. The van der Waals surface area contributed by atoms with Gasteiger partial charge in [-0.3, -0.25) is 13.9 Å². The lowest BCUT2D eigenvalue weighted by Crippen LogP contribution is -2.53. The normalized spacial score (nSPS) is 12.0. The summed E-state index contributed by atoms with van der Waals surface area (Å²) >= 11 is 19.1. The van der Waals surface area contributed by atoms with Crippen LogP contribution in [0.1, 0.15) is 25.0 Å². The number of benzene rings is 4. The average molecular weight is 687 g/mol. The Kier molecular flexibility index (Phi) is 11.9. The van der Waals surface area contributed by atoms with Crippen LogP contribution >= 0.6 is 34.8 Å². The van der Waals surface area contributed by atoms with Gasteiger partial charge in [0.25, 0.3) is 10.0 Å². The minimum atomic E-state index is -4.24. The molecule has 0 radical (unpaired) electrons.